The monoisotopic (exact) mass is 526 g/mol. The molecule has 0 amide bonds. The summed E-state index contributed by atoms with van der Waals surface area (Å²) in [6, 6.07) is 9.46. The first-order valence-corrected chi connectivity index (χ1v) is 13.3. The van der Waals surface area contributed by atoms with Gasteiger partial charge in [0.15, 0.2) is 15.6 Å². The number of hydrogen-bond donors (Lipinski definition) is 2. The number of fused-ring (bicyclic) bond motifs is 2. The lowest BCUT2D eigenvalue weighted by Crippen LogP contribution is -2.20. The number of Topliss-reactive ketones (excluding diaryl/α,β-unsaturated/α-hetero) is 1. The van der Waals surface area contributed by atoms with E-state index in [1.807, 2.05) is 0 Å². The van der Waals surface area contributed by atoms with E-state index in [4.69, 9.17) is 11.6 Å². The fraction of sp³-hybridized carbons (Fsp3) is 0.160. The van der Waals surface area contributed by atoms with Crippen molar-refractivity contribution in [1.29, 1.82) is 0 Å². The SMILES string of the molecule is Cc1cc2c(-c3ccc[nH]c3=O)c(C(=O)CS(C)(=O)=O)n(Cc3cc4cn[nH]c4cc3Cl)c2cc1F. The summed E-state index contributed by atoms with van der Waals surface area (Å²) >= 11 is 6.53. The fourth-order valence-corrected chi connectivity index (χ4v) is 5.27. The maximum Gasteiger partial charge on any atom is 0.255 e. The number of aryl methyl sites for hydroxylation is 1. The lowest BCUT2D eigenvalue weighted by Gasteiger charge is -2.13. The molecule has 2 N–H and O–H groups in total. The van der Waals surface area contributed by atoms with E-state index in [2.05, 4.69) is 15.2 Å². The Morgan fingerprint density at radius 3 is 2.72 bits per heavy atom. The first kappa shape index (κ1) is 24.0. The van der Waals surface area contributed by atoms with Gasteiger partial charge in [-0.15, -0.1) is 0 Å². The normalized spacial score (nSPS) is 12.0. The molecule has 0 unspecified atom stereocenters. The number of ketones is 1. The lowest BCUT2D eigenvalue weighted by atomic mass is 10.0. The Labute approximate surface area is 209 Å². The van der Waals surface area contributed by atoms with E-state index in [1.165, 1.54) is 16.8 Å². The van der Waals surface area contributed by atoms with Gasteiger partial charge in [0.1, 0.15) is 11.6 Å². The summed E-state index contributed by atoms with van der Waals surface area (Å²) in [6.07, 6.45) is 4.03. The highest BCUT2D eigenvalue weighted by Crippen LogP contribution is 2.37. The van der Waals surface area contributed by atoms with Crippen LogP contribution in [0.25, 0.3) is 32.9 Å². The van der Waals surface area contributed by atoms with Crippen LogP contribution in [-0.4, -0.2) is 46.0 Å². The van der Waals surface area contributed by atoms with Crippen LogP contribution in [0.3, 0.4) is 0 Å². The van der Waals surface area contributed by atoms with Crippen molar-refractivity contribution in [3.05, 3.63) is 86.8 Å². The number of H-pyrrole nitrogens is 2. The Balaban J connectivity index is 1.87. The molecular weight excluding hydrogens is 507 g/mol. The number of carbonyl (C=O) groups excluding carboxylic acids is 1. The first-order valence-electron chi connectivity index (χ1n) is 10.9. The quantitative estimate of drug-likeness (QED) is 0.321. The molecule has 0 saturated heterocycles. The van der Waals surface area contributed by atoms with Gasteiger partial charge in [0.2, 0.25) is 0 Å². The number of halogens is 2. The second-order valence-electron chi connectivity index (χ2n) is 8.74. The van der Waals surface area contributed by atoms with Crippen LogP contribution in [0.5, 0.6) is 0 Å². The van der Waals surface area contributed by atoms with Gasteiger partial charge in [0.25, 0.3) is 5.56 Å². The van der Waals surface area contributed by atoms with Crippen molar-refractivity contribution in [1.82, 2.24) is 19.7 Å². The molecule has 184 valence electrons. The molecule has 0 aliphatic carbocycles. The molecule has 0 bridgehead atoms. The molecule has 0 radical (unpaired) electrons. The summed E-state index contributed by atoms with van der Waals surface area (Å²) in [4.78, 5) is 28.9. The Morgan fingerprint density at radius 2 is 2.00 bits per heavy atom. The van der Waals surface area contributed by atoms with Gasteiger partial charge in [-0.1, -0.05) is 11.6 Å². The predicted octanol–water partition coefficient (Wildman–Crippen LogP) is 4.25. The van der Waals surface area contributed by atoms with E-state index in [0.717, 1.165) is 11.6 Å². The van der Waals surface area contributed by atoms with Crippen LogP contribution in [0.1, 0.15) is 21.6 Å². The molecule has 5 rings (SSSR count). The highest BCUT2D eigenvalue weighted by Gasteiger charge is 2.28. The molecule has 0 atom stereocenters. The van der Waals surface area contributed by atoms with E-state index in [-0.39, 0.29) is 23.4 Å². The molecule has 0 fully saturated rings. The van der Waals surface area contributed by atoms with Crippen molar-refractivity contribution in [2.45, 2.75) is 13.5 Å². The number of nitrogens with one attached hydrogen (secondary N) is 2. The second kappa shape index (κ2) is 8.72. The third-order valence-electron chi connectivity index (χ3n) is 6.02. The van der Waals surface area contributed by atoms with E-state index in [1.54, 1.807) is 43.5 Å². The Morgan fingerprint density at radius 1 is 1.22 bits per heavy atom. The Hall–Kier alpha value is -3.76. The fourth-order valence-electron chi connectivity index (χ4n) is 4.43. The van der Waals surface area contributed by atoms with E-state index in [9.17, 15) is 22.4 Å². The third kappa shape index (κ3) is 4.22. The van der Waals surface area contributed by atoms with E-state index < -0.39 is 32.7 Å². The summed E-state index contributed by atoms with van der Waals surface area (Å²) in [6.45, 7) is 1.60. The Bertz CT molecular complexity index is 1850. The number of hydrogen-bond acceptors (Lipinski definition) is 5. The van der Waals surface area contributed by atoms with Crippen LogP contribution in [0.15, 0.2) is 53.6 Å². The van der Waals surface area contributed by atoms with Crippen LogP contribution in [-0.2, 0) is 16.4 Å². The second-order valence-corrected chi connectivity index (χ2v) is 11.3. The number of rotatable bonds is 6. The zero-order valence-electron chi connectivity index (χ0n) is 19.2. The van der Waals surface area contributed by atoms with Crippen molar-refractivity contribution < 1.29 is 17.6 Å². The summed E-state index contributed by atoms with van der Waals surface area (Å²) in [5, 5.41) is 8.43. The van der Waals surface area contributed by atoms with Gasteiger partial charge in [-0.2, -0.15) is 5.10 Å². The van der Waals surface area contributed by atoms with Gasteiger partial charge in [-0.3, -0.25) is 14.7 Å². The summed E-state index contributed by atoms with van der Waals surface area (Å²) < 4.78 is 40.5. The lowest BCUT2D eigenvalue weighted by molar-refractivity contribution is 0.101. The van der Waals surface area contributed by atoms with Crippen molar-refractivity contribution in [2.75, 3.05) is 12.0 Å². The molecular formula is C25H20ClFN4O4S. The zero-order valence-corrected chi connectivity index (χ0v) is 20.8. The maximum atomic E-state index is 14.8. The minimum absolute atomic E-state index is 0.0134. The molecule has 2 aromatic carbocycles. The van der Waals surface area contributed by atoms with Crippen molar-refractivity contribution >= 4 is 49.0 Å². The smallest absolute Gasteiger partial charge is 0.255 e. The number of pyridine rings is 1. The number of carbonyl (C=O) groups is 1. The number of aromatic amines is 2. The molecule has 5 aromatic rings. The average molecular weight is 527 g/mol. The third-order valence-corrected chi connectivity index (χ3v) is 7.16. The number of aromatic nitrogens is 4. The molecule has 0 aliphatic heterocycles. The maximum absolute atomic E-state index is 14.8. The average Bonchev–Trinajstić information content (AvgIpc) is 3.36. The molecule has 0 saturated carbocycles. The van der Waals surface area contributed by atoms with Crippen LogP contribution >= 0.6 is 11.6 Å². The summed E-state index contributed by atoms with van der Waals surface area (Å²) in [7, 11) is -3.71. The molecule has 36 heavy (non-hydrogen) atoms. The van der Waals surface area contributed by atoms with Crippen molar-refractivity contribution in [3.8, 4) is 11.1 Å². The zero-order chi connectivity index (χ0) is 25.8. The number of benzene rings is 2. The molecule has 8 nitrogen and oxygen atoms in total. The van der Waals surface area contributed by atoms with Crippen molar-refractivity contribution in [3.63, 3.8) is 0 Å². The van der Waals surface area contributed by atoms with E-state index >= 15 is 0 Å². The van der Waals surface area contributed by atoms with E-state index in [0.29, 0.717) is 32.6 Å². The van der Waals surface area contributed by atoms with Crippen LogP contribution in [0, 0.1) is 12.7 Å². The van der Waals surface area contributed by atoms with Gasteiger partial charge in [-0.05, 0) is 54.4 Å². The predicted molar refractivity (Wildman–Crippen MR) is 137 cm³/mol. The molecule has 3 heterocycles. The molecule has 0 spiro atoms. The first-order chi connectivity index (χ1) is 17.0. The minimum Gasteiger partial charge on any atom is -0.333 e. The van der Waals surface area contributed by atoms with Gasteiger partial charge in [0, 0.05) is 45.9 Å². The number of sulfone groups is 1. The van der Waals surface area contributed by atoms with Crippen LogP contribution < -0.4 is 5.56 Å². The molecule has 0 aliphatic rings. The van der Waals surface area contributed by atoms with Gasteiger partial charge in [-0.25, -0.2) is 12.8 Å². The summed E-state index contributed by atoms with van der Waals surface area (Å²) in [5.74, 6) is -2.00. The van der Waals surface area contributed by atoms with Crippen LogP contribution in [0.4, 0.5) is 4.39 Å². The molecule has 11 heteroatoms. The van der Waals surface area contributed by atoms with Gasteiger partial charge >= 0.3 is 0 Å². The minimum atomic E-state index is -3.71. The van der Waals surface area contributed by atoms with Crippen molar-refractivity contribution in [2.24, 2.45) is 0 Å². The Kier molecular flexibility index (Phi) is 5.80. The highest BCUT2D eigenvalue weighted by molar-refractivity contribution is 7.91. The van der Waals surface area contributed by atoms with Crippen LogP contribution in [0.2, 0.25) is 5.02 Å². The molecule has 3 aromatic heterocycles. The largest absolute Gasteiger partial charge is 0.333 e. The number of nitrogens with zero attached hydrogens (tertiary/aromatic N) is 2. The highest BCUT2D eigenvalue weighted by atomic mass is 35.5. The van der Waals surface area contributed by atoms with Gasteiger partial charge < -0.3 is 9.55 Å². The summed E-state index contributed by atoms with van der Waals surface area (Å²) in [5.41, 5.74) is 1.89. The topological polar surface area (TPSA) is 118 Å². The standard InChI is InChI=1S/C25H20ClFN4O4S/c1-13-6-17-21(9-19(13)27)31(11-15-7-14-10-29-30-20(14)8-18(15)26)24(22(32)12-36(2,34)35)23(17)16-4-3-5-28-25(16)33/h3-10H,11-12H2,1-2H3,(H,28,33)(H,29,30). The van der Waals surface area contributed by atoms with Gasteiger partial charge in [0.05, 0.1) is 22.9 Å².